The Balaban J connectivity index is 2.12. The molecule has 3 aromatic carbocycles. The Morgan fingerprint density at radius 2 is 1.32 bits per heavy atom. The Morgan fingerprint density at radius 3 is 1.80 bits per heavy atom. The highest BCUT2D eigenvalue weighted by molar-refractivity contribution is 7.73. The highest BCUT2D eigenvalue weighted by Gasteiger charge is 2.24. The van der Waals surface area contributed by atoms with Crippen molar-refractivity contribution < 1.29 is 0 Å². The van der Waals surface area contributed by atoms with Crippen molar-refractivity contribution in [2.45, 2.75) is 12.6 Å². The van der Waals surface area contributed by atoms with Crippen molar-refractivity contribution in [3.8, 4) is 12.1 Å². The fourth-order valence-corrected chi connectivity index (χ4v) is 5.68. The molecule has 0 fully saturated rings. The van der Waals surface area contributed by atoms with Gasteiger partial charge in [0.25, 0.3) is 0 Å². The van der Waals surface area contributed by atoms with E-state index in [1.54, 1.807) is 12.1 Å². The van der Waals surface area contributed by atoms with Gasteiger partial charge in [0.05, 0.1) is 23.3 Å². The standard InChI is InChI=1S/C22H17N2P/c1-17(22-13-12-18(15-23)14-19(22)16-24)25(20-8-4-2-5-9-20)21-10-6-3-7-11-21/h2-14,17H,1H3. The van der Waals surface area contributed by atoms with E-state index >= 15 is 0 Å². The number of hydrogen-bond donors (Lipinski definition) is 0. The summed E-state index contributed by atoms with van der Waals surface area (Å²) < 4.78 is 0. The van der Waals surface area contributed by atoms with Gasteiger partial charge in [-0.2, -0.15) is 10.5 Å². The Hall–Kier alpha value is -2.93. The molecule has 0 aliphatic rings. The molecule has 0 N–H and O–H groups in total. The minimum absolute atomic E-state index is 0.169. The number of benzene rings is 3. The summed E-state index contributed by atoms with van der Waals surface area (Å²) in [5, 5.41) is 21.2. The Labute approximate surface area is 149 Å². The van der Waals surface area contributed by atoms with Crippen LogP contribution in [0.2, 0.25) is 0 Å². The van der Waals surface area contributed by atoms with Crippen LogP contribution in [-0.2, 0) is 0 Å². The van der Waals surface area contributed by atoms with E-state index in [4.69, 9.17) is 5.26 Å². The predicted octanol–water partition coefficient (Wildman–Crippen LogP) is 4.62. The van der Waals surface area contributed by atoms with E-state index < -0.39 is 7.92 Å². The van der Waals surface area contributed by atoms with Crippen LogP contribution >= 0.6 is 7.92 Å². The van der Waals surface area contributed by atoms with E-state index in [2.05, 4.69) is 67.6 Å². The quantitative estimate of drug-likeness (QED) is 0.651. The first kappa shape index (κ1) is 16.9. The van der Waals surface area contributed by atoms with Crippen LogP contribution in [-0.4, -0.2) is 0 Å². The second-order valence-electron chi connectivity index (χ2n) is 5.74. The lowest BCUT2D eigenvalue weighted by Gasteiger charge is -2.26. The molecule has 1 atom stereocenters. The third-order valence-corrected chi connectivity index (χ3v) is 6.97. The Kier molecular flexibility index (Phi) is 5.25. The molecule has 3 rings (SSSR count). The average molecular weight is 340 g/mol. The summed E-state index contributed by atoms with van der Waals surface area (Å²) in [6, 6.07) is 30.7. The summed E-state index contributed by atoms with van der Waals surface area (Å²) in [6.07, 6.45) is 0. The van der Waals surface area contributed by atoms with Crippen LogP contribution in [0.1, 0.15) is 29.3 Å². The van der Waals surface area contributed by atoms with Crippen molar-refractivity contribution in [1.82, 2.24) is 0 Å². The van der Waals surface area contributed by atoms with Crippen molar-refractivity contribution in [2.75, 3.05) is 0 Å². The number of nitriles is 2. The molecule has 3 aromatic rings. The third kappa shape index (κ3) is 3.61. The molecule has 25 heavy (non-hydrogen) atoms. The molecule has 0 heterocycles. The number of hydrogen-bond acceptors (Lipinski definition) is 2. The van der Waals surface area contributed by atoms with E-state index in [1.165, 1.54) is 10.6 Å². The first-order valence-corrected chi connectivity index (χ1v) is 9.49. The molecule has 0 spiro atoms. The topological polar surface area (TPSA) is 47.6 Å². The van der Waals surface area contributed by atoms with Crippen LogP contribution in [0.5, 0.6) is 0 Å². The molecule has 2 nitrogen and oxygen atoms in total. The van der Waals surface area contributed by atoms with Crippen LogP contribution in [0.3, 0.4) is 0 Å². The largest absolute Gasteiger partial charge is 0.192 e. The minimum Gasteiger partial charge on any atom is -0.192 e. The van der Waals surface area contributed by atoms with Gasteiger partial charge in [-0.25, -0.2) is 0 Å². The van der Waals surface area contributed by atoms with Crippen LogP contribution in [0, 0.1) is 22.7 Å². The van der Waals surface area contributed by atoms with Crippen LogP contribution in [0.25, 0.3) is 0 Å². The van der Waals surface area contributed by atoms with Gasteiger partial charge < -0.3 is 0 Å². The van der Waals surface area contributed by atoms with Gasteiger partial charge in [0.1, 0.15) is 0 Å². The minimum atomic E-state index is -0.658. The molecule has 0 aromatic heterocycles. The summed E-state index contributed by atoms with van der Waals surface area (Å²) >= 11 is 0. The smallest absolute Gasteiger partial charge is 0.0995 e. The van der Waals surface area contributed by atoms with Crippen molar-refractivity contribution in [3.05, 3.63) is 95.6 Å². The summed E-state index contributed by atoms with van der Waals surface area (Å²) in [4.78, 5) is 0. The zero-order chi connectivity index (χ0) is 17.6. The predicted molar refractivity (Wildman–Crippen MR) is 103 cm³/mol. The van der Waals surface area contributed by atoms with Crippen molar-refractivity contribution in [1.29, 1.82) is 10.5 Å². The third-order valence-electron chi connectivity index (χ3n) is 4.21. The van der Waals surface area contributed by atoms with Crippen LogP contribution in [0.4, 0.5) is 0 Å². The van der Waals surface area contributed by atoms with E-state index in [9.17, 15) is 5.26 Å². The molecule has 0 saturated heterocycles. The van der Waals surface area contributed by atoms with Gasteiger partial charge in [0.2, 0.25) is 0 Å². The fraction of sp³-hybridized carbons (Fsp3) is 0.0909. The summed E-state index contributed by atoms with van der Waals surface area (Å²) in [5.74, 6) is 0. The monoisotopic (exact) mass is 340 g/mol. The van der Waals surface area contributed by atoms with Gasteiger partial charge in [0, 0.05) is 5.66 Å². The SMILES string of the molecule is CC(c1ccc(C#N)cc1C#N)P(c1ccccc1)c1ccccc1. The lowest BCUT2D eigenvalue weighted by Crippen LogP contribution is -2.16. The molecule has 0 saturated carbocycles. The molecule has 0 bridgehead atoms. The number of rotatable bonds is 4. The summed E-state index contributed by atoms with van der Waals surface area (Å²) in [6.45, 7) is 2.17. The molecule has 0 radical (unpaired) electrons. The summed E-state index contributed by atoms with van der Waals surface area (Å²) in [5.41, 5.74) is 2.28. The highest BCUT2D eigenvalue weighted by atomic mass is 31.1. The fourth-order valence-electron chi connectivity index (χ4n) is 3.00. The normalized spacial score (nSPS) is 11.5. The maximum Gasteiger partial charge on any atom is 0.0995 e. The van der Waals surface area contributed by atoms with Crippen molar-refractivity contribution in [2.24, 2.45) is 0 Å². The van der Waals surface area contributed by atoms with Gasteiger partial charge in [-0.1, -0.05) is 73.7 Å². The van der Waals surface area contributed by atoms with Crippen LogP contribution in [0.15, 0.2) is 78.9 Å². The Morgan fingerprint density at radius 1 is 0.760 bits per heavy atom. The van der Waals surface area contributed by atoms with E-state index in [0.717, 1.165) is 5.56 Å². The first-order valence-electron chi connectivity index (χ1n) is 8.08. The van der Waals surface area contributed by atoms with E-state index in [0.29, 0.717) is 11.1 Å². The van der Waals surface area contributed by atoms with Crippen LogP contribution < -0.4 is 10.6 Å². The van der Waals surface area contributed by atoms with E-state index in [-0.39, 0.29) is 5.66 Å². The molecule has 0 aliphatic heterocycles. The molecule has 3 heteroatoms. The maximum absolute atomic E-state index is 9.56. The highest BCUT2D eigenvalue weighted by Crippen LogP contribution is 2.49. The lowest BCUT2D eigenvalue weighted by molar-refractivity contribution is 1.08. The second-order valence-corrected chi connectivity index (χ2v) is 8.29. The zero-order valence-electron chi connectivity index (χ0n) is 13.9. The molecular weight excluding hydrogens is 323 g/mol. The molecule has 0 aliphatic carbocycles. The van der Waals surface area contributed by atoms with Gasteiger partial charge >= 0.3 is 0 Å². The van der Waals surface area contributed by atoms with Crippen molar-refractivity contribution >= 4 is 18.5 Å². The molecule has 1 unspecified atom stereocenters. The second kappa shape index (κ2) is 7.76. The molecule has 0 amide bonds. The maximum atomic E-state index is 9.56. The molecule has 120 valence electrons. The lowest BCUT2D eigenvalue weighted by atomic mass is 10.0. The average Bonchev–Trinajstić information content (AvgIpc) is 2.69. The summed E-state index contributed by atoms with van der Waals surface area (Å²) in [7, 11) is -0.658. The first-order chi connectivity index (χ1) is 12.2. The zero-order valence-corrected chi connectivity index (χ0v) is 14.8. The van der Waals surface area contributed by atoms with E-state index in [1.807, 2.05) is 18.2 Å². The van der Waals surface area contributed by atoms with Gasteiger partial charge in [-0.15, -0.1) is 0 Å². The van der Waals surface area contributed by atoms with Crippen molar-refractivity contribution in [3.63, 3.8) is 0 Å². The Bertz CT molecular complexity index is 898. The van der Waals surface area contributed by atoms with Gasteiger partial charge in [0.15, 0.2) is 0 Å². The van der Waals surface area contributed by atoms with Gasteiger partial charge in [-0.3, -0.25) is 0 Å². The molecular formula is C22H17N2P. The van der Waals surface area contributed by atoms with Gasteiger partial charge in [-0.05, 0) is 36.2 Å². The number of nitrogens with zero attached hydrogens (tertiary/aromatic N) is 2.